The number of rotatable bonds is 7. The summed E-state index contributed by atoms with van der Waals surface area (Å²) in [6, 6.07) is 3.95. The molecule has 0 radical (unpaired) electrons. The van der Waals surface area contributed by atoms with Crippen LogP contribution in [0.4, 0.5) is 0 Å². The first-order valence-corrected chi connectivity index (χ1v) is 8.36. The second-order valence-corrected chi connectivity index (χ2v) is 6.31. The number of nitrogens with one attached hydrogen (secondary N) is 2. The van der Waals surface area contributed by atoms with Gasteiger partial charge < -0.3 is 15.4 Å². The molecule has 116 valence electrons. The van der Waals surface area contributed by atoms with E-state index in [0.29, 0.717) is 6.54 Å². The van der Waals surface area contributed by atoms with Crippen LogP contribution in [0.1, 0.15) is 37.8 Å². The molecule has 2 N–H and O–H groups in total. The van der Waals surface area contributed by atoms with Crippen molar-refractivity contribution in [2.24, 2.45) is 0 Å². The van der Waals surface area contributed by atoms with Crippen molar-refractivity contribution in [3.63, 3.8) is 0 Å². The number of carbonyl (C=O) groups excluding carboxylic acids is 1. The van der Waals surface area contributed by atoms with Crippen LogP contribution in [0.25, 0.3) is 0 Å². The first-order chi connectivity index (χ1) is 10.1. The number of carbonyl (C=O) groups is 1. The molecule has 0 spiro atoms. The summed E-state index contributed by atoms with van der Waals surface area (Å²) in [4.78, 5) is 11.9. The van der Waals surface area contributed by atoms with Gasteiger partial charge in [0.25, 0.3) is 0 Å². The molecule has 0 bridgehead atoms. The molecule has 4 nitrogen and oxygen atoms in total. The fourth-order valence-corrected chi connectivity index (χ4v) is 2.93. The lowest BCUT2D eigenvalue weighted by Gasteiger charge is -2.15. The number of amides is 1. The van der Waals surface area contributed by atoms with E-state index < -0.39 is 0 Å². The smallest absolute Gasteiger partial charge is 0.236 e. The third kappa shape index (κ3) is 4.45. The highest BCUT2D eigenvalue weighted by molar-refractivity contribution is 9.10. The number of benzene rings is 1. The van der Waals surface area contributed by atoms with E-state index in [1.807, 2.05) is 6.92 Å². The van der Waals surface area contributed by atoms with Crippen LogP contribution in [0, 0.1) is 0 Å². The zero-order valence-electron chi connectivity index (χ0n) is 12.7. The van der Waals surface area contributed by atoms with Crippen LogP contribution < -0.4 is 15.4 Å². The highest BCUT2D eigenvalue weighted by Gasteiger charge is 2.18. The molecule has 0 aromatic heterocycles. The Hall–Kier alpha value is -1.07. The monoisotopic (exact) mass is 354 g/mol. The van der Waals surface area contributed by atoms with Gasteiger partial charge in [0.05, 0.1) is 12.6 Å². The second kappa shape index (κ2) is 7.80. The Morgan fingerprint density at radius 3 is 3.05 bits per heavy atom. The maximum Gasteiger partial charge on any atom is 0.236 e. The van der Waals surface area contributed by atoms with Gasteiger partial charge in [-0.05, 0) is 31.0 Å². The van der Waals surface area contributed by atoms with Crippen molar-refractivity contribution in [1.29, 1.82) is 0 Å². The molecule has 1 heterocycles. The quantitative estimate of drug-likeness (QED) is 0.740. The SMILES string of the molecule is CCCCNC(=O)C(C)NCc1cc(Br)cc2c1OCC2. The molecular weight excluding hydrogens is 332 g/mol. The van der Waals surface area contributed by atoms with E-state index in [0.717, 1.165) is 48.2 Å². The normalized spacial score (nSPS) is 14.4. The molecular formula is C16H23BrN2O2. The first kappa shape index (κ1) is 16.3. The maximum absolute atomic E-state index is 11.9. The van der Waals surface area contributed by atoms with Crippen LogP contribution in [0.2, 0.25) is 0 Å². The summed E-state index contributed by atoms with van der Waals surface area (Å²) in [5.41, 5.74) is 2.34. The molecule has 5 heteroatoms. The summed E-state index contributed by atoms with van der Waals surface area (Å²) in [6.07, 6.45) is 3.06. The van der Waals surface area contributed by atoms with E-state index in [2.05, 4.69) is 45.6 Å². The molecule has 1 amide bonds. The van der Waals surface area contributed by atoms with Gasteiger partial charge in [-0.1, -0.05) is 29.3 Å². The zero-order chi connectivity index (χ0) is 15.2. The van der Waals surface area contributed by atoms with E-state index in [1.165, 1.54) is 5.56 Å². The average molecular weight is 355 g/mol. The number of hydrogen-bond donors (Lipinski definition) is 2. The fourth-order valence-electron chi connectivity index (χ4n) is 2.37. The lowest BCUT2D eigenvalue weighted by atomic mass is 10.1. The van der Waals surface area contributed by atoms with Gasteiger partial charge in [-0.25, -0.2) is 0 Å². The van der Waals surface area contributed by atoms with Crippen LogP contribution in [0.5, 0.6) is 5.75 Å². The van der Waals surface area contributed by atoms with E-state index in [1.54, 1.807) is 0 Å². The Labute approximate surface area is 134 Å². The Bertz CT molecular complexity index is 505. The van der Waals surface area contributed by atoms with Crippen molar-refractivity contribution >= 4 is 21.8 Å². The topological polar surface area (TPSA) is 50.4 Å². The maximum atomic E-state index is 11.9. The third-order valence-electron chi connectivity index (χ3n) is 3.65. The van der Waals surface area contributed by atoms with Crippen LogP contribution in [0.3, 0.4) is 0 Å². The van der Waals surface area contributed by atoms with E-state index in [4.69, 9.17) is 4.74 Å². The third-order valence-corrected chi connectivity index (χ3v) is 4.10. The Kier molecular flexibility index (Phi) is 6.06. The summed E-state index contributed by atoms with van der Waals surface area (Å²) in [6.45, 7) is 6.12. The Morgan fingerprint density at radius 2 is 2.29 bits per heavy atom. The number of ether oxygens (including phenoxy) is 1. The molecule has 0 saturated carbocycles. The van der Waals surface area contributed by atoms with Crippen LogP contribution in [-0.4, -0.2) is 25.1 Å². The van der Waals surface area contributed by atoms with Gasteiger partial charge >= 0.3 is 0 Å². The average Bonchev–Trinajstić information content (AvgIpc) is 2.92. The summed E-state index contributed by atoms with van der Waals surface area (Å²) < 4.78 is 6.75. The van der Waals surface area contributed by atoms with Gasteiger partial charge in [0.15, 0.2) is 0 Å². The Morgan fingerprint density at radius 1 is 1.48 bits per heavy atom. The molecule has 1 atom stereocenters. The molecule has 2 rings (SSSR count). The van der Waals surface area contributed by atoms with Crippen molar-refractivity contribution in [1.82, 2.24) is 10.6 Å². The molecule has 1 aromatic rings. The van der Waals surface area contributed by atoms with Crippen molar-refractivity contribution < 1.29 is 9.53 Å². The van der Waals surface area contributed by atoms with Gasteiger partial charge in [-0.15, -0.1) is 0 Å². The number of unbranched alkanes of at least 4 members (excludes halogenated alkanes) is 1. The predicted molar refractivity (Wildman–Crippen MR) is 87.6 cm³/mol. The lowest BCUT2D eigenvalue weighted by Crippen LogP contribution is -2.42. The first-order valence-electron chi connectivity index (χ1n) is 7.57. The van der Waals surface area contributed by atoms with Gasteiger partial charge in [0.1, 0.15) is 5.75 Å². The van der Waals surface area contributed by atoms with Gasteiger partial charge in [0.2, 0.25) is 5.91 Å². The largest absolute Gasteiger partial charge is 0.493 e. The lowest BCUT2D eigenvalue weighted by molar-refractivity contribution is -0.122. The highest BCUT2D eigenvalue weighted by atomic mass is 79.9. The molecule has 1 aliphatic rings. The fraction of sp³-hybridized carbons (Fsp3) is 0.562. The zero-order valence-corrected chi connectivity index (χ0v) is 14.3. The standard InChI is InChI=1S/C16H23BrN2O2/c1-3-4-6-18-16(20)11(2)19-10-13-9-14(17)8-12-5-7-21-15(12)13/h8-9,11,19H,3-7,10H2,1-2H3,(H,18,20). The highest BCUT2D eigenvalue weighted by Crippen LogP contribution is 2.32. The van der Waals surface area contributed by atoms with Gasteiger partial charge in [0, 0.05) is 29.5 Å². The Balaban J connectivity index is 1.90. The molecule has 0 saturated heterocycles. The summed E-state index contributed by atoms with van der Waals surface area (Å²) in [5.74, 6) is 1.03. The minimum atomic E-state index is -0.210. The number of hydrogen-bond acceptors (Lipinski definition) is 3. The number of halogens is 1. The van der Waals surface area contributed by atoms with E-state index in [-0.39, 0.29) is 11.9 Å². The minimum absolute atomic E-state index is 0.0519. The van der Waals surface area contributed by atoms with Gasteiger partial charge in [-0.3, -0.25) is 4.79 Å². The van der Waals surface area contributed by atoms with Crippen molar-refractivity contribution in [2.75, 3.05) is 13.2 Å². The molecule has 21 heavy (non-hydrogen) atoms. The van der Waals surface area contributed by atoms with Gasteiger partial charge in [-0.2, -0.15) is 0 Å². The van der Waals surface area contributed by atoms with E-state index >= 15 is 0 Å². The van der Waals surface area contributed by atoms with Crippen LogP contribution >= 0.6 is 15.9 Å². The molecule has 1 unspecified atom stereocenters. The van der Waals surface area contributed by atoms with Crippen molar-refractivity contribution in [3.8, 4) is 5.75 Å². The summed E-state index contributed by atoms with van der Waals surface area (Å²) >= 11 is 3.53. The number of fused-ring (bicyclic) bond motifs is 1. The van der Waals surface area contributed by atoms with Crippen molar-refractivity contribution in [2.45, 2.75) is 45.7 Å². The van der Waals surface area contributed by atoms with E-state index in [9.17, 15) is 4.79 Å². The summed E-state index contributed by atoms with van der Waals surface area (Å²) in [7, 11) is 0. The molecule has 1 aliphatic heterocycles. The summed E-state index contributed by atoms with van der Waals surface area (Å²) in [5, 5.41) is 6.21. The van der Waals surface area contributed by atoms with Crippen LogP contribution in [-0.2, 0) is 17.8 Å². The molecule has 0 aliphatic carbocycles. The minimum Gasteiger partial charge on any atom is -0.493 e. The van der Waals surface area contributed by atoms with Crippen molar-refractivity contribution in [3.05, 3.63) is 27.7 Å². The second-order valence-electron chi connectivity index (χ2n) is 5.40. The molecule has 0 fully saturated rings. The predicted octanol–water partition coefficient (Wildman–Crippen LogP) is 2.78. The van der Waals surface area contributed by atoms with Crippen LogP contribution in [0.15, 0.2) is 16.6 Å². The molecule has 1 aromatic carbocycles.